The summed E-state index contributed by atoms with van der Waals surface area (Å²) in [4.78, 5) is 11.8. The highest BCUT2D eigenvalue weighted by Crippen LogP contribution is 2.52. The average molecular weight is 611 g/mol. The highest BCUT2D eigenvalue weighted by molar-refractivity contribution is 6.80. The van der Waals surface area contributed by atoms with E-state index in [0.29, 0.717) is 6.42 Å². The van der Waals surface area contributed by atoms with Gasteiger partial charge >= 0.3 is 5.97 Å². The minimum atomic E-state index is -2.33. The molecule has 3 unspecified atom stereocenters. The van der Waals surface area contributed by atoms with Gasteiger partial charge in [-0.15, -0.1) is 0 Å². The van der Waals surface area contributed by atoms with Crippen molar-refractivity contribution in [3.05, 3.63) is 119 Å². The zero-order valence-corrected chi connectivity index (χ0v) is 28.8. The minimum Gasteiger partial charge on any atom is -0.469 e. The summed E-state index contributed by atoms with van der Waals surface area (Å²) in [6, 6.07) is 31.4. The fourth-order valence-electron chi connectivity index (χ4n) is 7.10. The lowest BCUT2D eigenvalue weighted by atomic mass is 9.65. The standard InChI is InChI=1S/C39H50O4Si/c1-28-30(3)39(41,43-44(32-22-14-9-15-23-32)33-24-16-10-17-25-33)37(29(2)36(28)38(4,5)6)34(31-20-12-8-13-21-31)26-18-11-19-27-35(40)42-7/h8-10,12-17,20-25,30,34,41,44H,11,18-19,26-27H2,1-7H3. The molecule has 1 aliphatic rings. The van der Waals surface area contributed by atoms with Gasteiger partial charge in [0.2, 0.25) is 9.04 Å². The van der Waals surface area contributed by atoms with Crippen LogP contribution in [0.15, 0.2) is 113 Å². The molecule has 0 bridgehead atoms. The lowest BCUT2D eigenvalue weighted by Crippen LogP contribution is -2.57. The molecule has 0 fully saturated rings. The summed E-state index contributed by atoms with van der Waals surface area (Å²) in [5, 5.41) is 15.5. The Morgan fingerprint density at radius 2 is 1.39 bits per heavy atom. The summed E-state index contributed by atoms with van der Waals surface area (Å²) in [5.41, 5.74) is 5.66. The smallest absolute Gasteiger partial charge is 0.305 e. The number of hydrogen-bond donors (Lipinski definition) is 1. The Bertz CT molecular complexity index is 1400. The molecule has 1 aliphatic carbocycles. The minimum absolute atomic E-state index is 0.0478. The van der Waals surface area contributed by atoms with Gasteiger partial charge in [0.1, 0.15) is 0 Å². The normalized spacial score (nSPS) is 19.8. The maximum Gasteiger partial charge on any atom is 0.305 e. The molecule has 3 atom stereocenters. The van der Waals surface area contributed by atoms with Gasteiger partial charge in [-0.05, 0) is 64.8 Å². The van der Waals surface area contributed by atoms with Crippen LogP contribution in [-0.4, -0.2) is 33.0 Å². The number of methoxy groups -OCH3 is 1. The average Bonchev–Trinajstić information content (AvgIpc) is 3.02. The fourth-order valence-corrected chi connectivity index (χ4v) is 9.59. The van der Waals surface area contributed by atoms with Crippen LogP contribution in [0.1, 0.15) is 85.1 Å². The number of unbranched alkanes of at least 4 members (excludes halogenated alkanes) is 2. The maximum absolute atomic E-state index is 13.2. The molecule has 4 nitrogen and oxygen atoms in total. The first kappa shape index (κ1) is 33.6. The number of benzene rings is 3. The van der Waals surface area contributed by atoms with Crippen molar-refractivity contribution in [3.63, 3.8) is 0 Å². The first-order valence-corrected chi connectivity index (χ1v) is 17.7. The van der Waals surface area contributed by atoms with Crippen molar-refractivity contribution in [2.75, 3.05) is 7.11 Å². The molecule has 0 amide bonds. The van der Waals surface area contributed by atoms with E-state index < -0.39 is 14.8 Å². The van der Waals surface area contributed by atoms with E-state index in [1.54, 1.807) is 0 Å². The third-order valence-corrected chi connectivity index (χ3v) is 11.8. The zero-order chi connectivity index (χ0) is 31.9. The molecule has 0 aliphatic heterocycles. The van der Waals surface area contributed by atoms with Gasteiger partial charge in [-0.3, -0.25) is 4.79 Å². The molecule has 0 radical (unpaired) electrons. The van der Waals surface area contributed by atoms with E-state index in [2.05, 4.69) is 114 Å². The molecule has 4 rings (SSSR count). The van der Waals surface area contributed by atoms with Gasteiger partial charge in [-0.2, -0.15) is 0 Å². The summed E-state index contributed by atoms with van der Waals surface area (Å²) >= 11 is 0. The van der Waals surface area contributed by atoms with Gasteiger partial charge < -0.3 is 14.3 Å². The Balaban J connectivity index is 1.86. The summed E-state index contributed by atoms with van der Waals surface area (Å²) in [7, 11) is -0.889. The Morgan fingerprint density at radius 3 is 1.89 bits per heavy atom. The molecule has 44 heavy (non-hydrogen) atoms. The van der Waals surface area contributed by atoms with Gasteiger partial charge in [0.05, 0.1) is 7.11 Å². The van der Waals surface area contributed by atoms with Crippen molar-refractivity contribution < 1.29 is 19.1 Å². The topological polar surface area (TPSA) is 55.8 Å². The highest BCUT2D eigenvalue weighted by Gasteiger charge is 2.50. The summed E-state index contributed by atoms with van der Waals surface area (Å²) in [6.07, 6.45) is 3.88. The third-order valence-electron chi connectivity index (χ3n) is 9.20. The van der Waals surface area contributed by atoms with Gasteiger partial charge in [0.15, 0.2) is 5.79 Å². The predicted molar refractivity (Wildman–Crippen MR) is 184 cm³/mol. The summed E-state index contributed by atoms with van der Waals surface area (Å²) in [6.45, 7) is 13.3. The Kier molecular flexibility index (Phi) is 11.2. The second-order valence-corrected chi connectivity index (χ2v) is 15.6. The molecule has 234 valence electrons. The van der Waals surface area contributed by atoms with E-state index >= 15 is 0 Å². The van der Waals surface area contributed by atoms with Crippen molar-refractivity contribution in [1.82, 2.24) is 0 Å². The van der Waals surface area contributed by atoms with Crippen LogP contribution < -0.4 is 10.4 Å². The molecule has 0 aromatic heterocycles. The van der Waals surface area contributed by atoms with Crippen LogP contribution in [0.2, 0.25) is 0 Å². The zero-order valence-electron chi connectivity index (χ0n) is 27.6. The molecule has 5 heteroatoms. The molecule has 0 saturated heterocycles. The Labute approximate surface area is 266 Å². The van der Waals surface area contributed by atoms with Crippen molar-refractivity contribution in [2.24, 2.45) is 11.3 Å². The summed E-state index contributed by atoms with van der Waals surface area (Å²) < 4.78 is 12.2. The highest BCUT2D eigenvalue weighted by atomic mass is 28.3. The number of allylic oxidation sites excluding steroid dienone is 2. The van der Waals surface area contributed by atoms with Crippen LogP contribution in [-0.2, 0) is 14.0 Å². The quantitative estimate of drug-likeness (QED) is 0.100. The number of rotatable bonds is 12. The van der Waals surface area contributed by atoms with E-state index in [1.165, 1.54) is 23.8 Å². The van der Waals surface area contributed by atoms with E-state index in [0.717, 1.165) is 47.2 Å². The van der Waals surface area contributed by atoms with E-state index in [4.69, 9.17) is 9.16 Å². The van der Waals surface area contributed by atoms with Crippen LogP contribution in [0.3, 0.4) is 0 Å². The molecule has 0 saturated carbocycles. The van der Waals surface area contributed by atoms with Crippen LogP contribution in [0.5, 0.6) is 0 Å². The Morgan fingerprint density at radius 1 is 0.864 bits per heavy atom. The Hall–Kier alpha value is -3.25. The molecule has 0 spiro atoms. The number of esters is 1. The molecule has 0 heterocycles. The number of hydrogen-bond acceptors (Lipinski definition) is 4. The number of carbonyl (C=O) groups excluding carboxylic acids is 1. The lowest BCUT2D eigenvalue weighted by molar-refractivity contribution is -0.141. The van der Waals surface area contributed by atoms with E-state index in [-0.39, 0.29) is 23.2 Å². The van der Waals surface area contributed by atoms with Crippen LogP contribution in [0.25, 0.3) is 0 Å². The van der Waals surface area contributed by atoms with Gasteiger partial charge in [-0.25, -0.2) is 0 Å². The SMILES string of the molecule is COC(=O)CCCCCC(C1=C(C)C(C(C)(C)C)=C(C)C(C)C1(O)O[SiH](c1ccccc1)c1ccccc1)c1ccccc1. The van der Waals surface area contributed by atoms with Crippen molar-refractivity contribution in [1.29, 1.82) is 0 Å². The van der Waals surface area contributed by atoms with Gasteiger partial charge in [0, 0.05) is 18.3 Å². The van der Waals surface area contributed by atoms with Crippen LogP contribution >= 0.6 is 0 Å². The monoisotopic (exact) mass is 610 g/mol. The largest absolute Gasteiger partial charge is 0.469 e. The van der Waals surface area contributed by atoms with Crippen molar-refractivity contribution in [2.45, 2.75) is 85.4 Å². The second kappa shape index (κ2) is 14.7. The van der Waals surface area contributed by atoms with Crippen LogP contribution in [0.4, 0.5) is 0 Å². The molecule has 3 aromatic carbocycles. The van der Waals surface area contributed by atoms with Crippen LogP contribution in [0, 0.1) is 11.3 Å². The molecular weight excluding hydrogens is 561 g/mol. The fraction of sp³-hybridized carbons (Fsp3) is 0.410. The van der Waals surface area contributed by atoms with E-state index in [9.17, 15) is 9.90 Å². The lowest BCUT2D eigenvalue weighted by Gasteiger charge is -2.49. The van der Waals surface area contributed by atoms with Gasteiger partial charge in [-0.1, -0.05) is 137 Å². The molecule has 3 aromatic rings. The maximum atomic E-state index is 13.2. The first-order chi connectivity index (χ1) is 21.0. The predicted octanol–water partition coefficient (Wildman–Crippen LogP) is 7.47. The van der Waals surface area contributed by atoms with Crippen molar-refractivity contribution >= 4 is 25.4 Å². The third kappa shape index (κ3) is 7.51. The molecular formula is C39H50O4Si. The molecule has 1 N–H and O–H groups in total. The van der Waals surface area contributed by atoms with Crippen molar-refractivity contribution in [3.8, 4) is 0 Å². The first-order valence-electron chi connectivity index (χ1n) is 16.0. The number of ether oxygens (including phenoxy) is 1. The van der Waals surface area contributed by atoms with Gasteiger partial charge in [0.25, 0.3) is 0 Å². The number of aliphatic hydroxyl groups is 1. The summed E-state index contributed by atoms with van der Waals surface area (Å²) in [5.74, 6) is -1.96. The second-order valence-electron chi connectivity index (χ2n) is 13.2. The van der Waals surface area contributed by atoms with E-state index in [1.807, 2.05) is 18.2 Å². The number of carbonyl (C=O) groups is 1.